The summed E-state index contributed by atoms with van der Waals surface area (Å²) in [7, 11) is 0. The summed E-state index contributed by atoms with van der Waals surface area (Å²) in [4.78, 5) is 44.6. The van der Waals surface area contributed by atoms with Crippen molar-refractivity contribution in [1.82, 2.24) is 14.9 Å². The number of ether oxygens (including phenoxy) is 1. The van der Waals surface area contributed by atoms with Gasteiger partial charge in [0.2, 0.25) is 5.78 Å². The van der Waals surface area contributed by atoms with Crippen LogP contribution in [0.5, 0.6) is 0 Å². The average Bonchev–Trinajstić information content (AvgIpc) is 3.30. The number of hydrogen-bond acceptors (Lipinski definition) is 5. The van der Waals surface area contributed by atoms with Crippen molar-refractivity contribution in [1.29, 1.82) is 0 Å². The Labute approximate surface area is 148 Å². The van der Waals surface area contributed by atoms with Gasteiger partial charge in [-0.25, -0.2) is 9.78 Å². The molecule has 2 aromatic heterocycles. The number of ketones is 1. The quantitative estimate of drug-likeness (QED) is 0.501. The first-order chi connectivity index (χ1) is 12.1. The topological polar surface area (TPSA) is 92.4 Å². The van der Waals surface area contributed by atoms with Crippen molar-refractivity contribution in [3.8, 4) is 0 Å². The van der Waals surface area contributed by atoms with Crippen LogP contribution in [0, 0.1) is 0 Å². The minimum atomic E-state index is -0.727. The molecular weight excluding hydrogens is 346 g/mol. The number of likely N-dealkylation sites (tertiary alicyclic amines) is 1. The number of hydrogen-bond donors (Lipinski definition) is 1. The van der Waals surface area contributed by atoms with Gasteiger partial charge in [0.15, 0.2) is 6.61 Å². The van der Waals surface area contributed by atoms with E-state index in [-0.39, 0.29) is 22.2 Å². The molecule has 1 aliphatic rings. The van der Waals surface area contributed by atoms with Crippen LogP contribution in [0.2, 0.25) is 5.15 Å². The normalized spacial score (nSPS) is 13.7. The van der Waals surface area contributed by atoms with Crippen LogP contribution in [0.4, 0.5) is 0 Å². The third-order valence-electron chi connectivity index (χ3n) is 3.94. The molecule has 0 spiro atoms. The van der Waals surface area contributed by atoms with E-state index in [1.54, 1.807) is 11.0 Å². The van der Waals surface area contributed by atoms with Gasteiger partial charge in [0, 0.05) is 31.0 Å². The predicted molar refractivity (Wildman–Crippen MR) is 89.8 cm³/mol. The van der Waals surface area contributed by atoms with E-state index in [0.717, 1.165) is 25.9 Å². The molecule has 25 heavy (non-hydrogen) atoms. The number of Topliss-reactive ketones (excluding diaryl/α,β-unsaturated/α-hetero) is 1. The molecule has 1 amide bonds. The van der Waals surface area contributed by atoms with Gasteiger partial charge in [0.05, 0.1) is 5.56 Å². The van der Waals surface area contributed by atoms with Crippen molar-refractivity contribution in [2.45, 2.75) is 12.8 Å². The summed E-state index contributed by atoms with van der Waals surface area (Å²) in [6.45, 7) is 1.01. The Balaban J connectivity index is 1.59. The fraction of sp³-hybridized carbons (Fsp3) is 0.294. The number of amides is 1. The van der Waals surface area contributed by atoms with Crippen LogP contribution >= 0.6 is 11.6 Å². The fourth-order valence-corrected chi connectivity index (χ4v) is 2.80. The van der Waals surface area contributed by atoms with Gasteiger partial charge in [-0.2, -0.15) is 0 Å². The molecule has 1 aliphatic heterocycles. The summed E-state index contributed by atoms with van der Waals surface area (Å²) < 4.78 is 4.97. The number of carbonyl (C=O) groups is 3. The molecule has 7 nitrogen and oxygen atoms in total. The first-order valence-corrected chi connectivity index (χ1v) is 8.22. The fourth-order valence-electron chi connectivity index (χ4n) is 2.60. The Hall–Kier alpha value is -2.67. The van der Waals surface area contributed by atoms with Gasteiger partial charge in [-0.3, -0.25) is 9.59 Å². The van der Waals surface area contributed by atoms with E-state index in [0.29, 0.717) is 5.69 Å². The number of H-pyrrole nitrogens is 1. The van der Waals surface area contributed by atoms with E-state index in [9.17, 15) is 14.4 Å². The van der Waals surface area contributed by atoms with Gasteiger partial charge in [-0.15, -0.1) is 0 Å². The monoisotopic (exact) mass is 361 g/mol. The first kappa shape index (κ1) is 17.2. The van der Waals surface area contributed by atoms with Crippen LogP contribution < -0.4 is 0 Å². The highest BCUT2D eigenvalue weighted by atomic mass is 35.5. The van der Waals surface area contributed by atoms with Gasteiger partial charge in [0.25, 0.3) is 5.91 Å². The maximum atomic E-state index is 12.2. The molecule has 3 rings (SSSR count). The zero-order valence-corrected chi connectivity index (χ0v) is 14.1. The zero-order valence-electron chi connectivity index (χ0n) is 13.3. The molecule has 0 aliphatic carbocycles. The zero-order chi connectivity index (χ0) is 17.8. The number of halogens is 1. The number of carbonyl (C=O) groups excluding carboxylic acids is 3. The summed E-state index contributed by atoms with van der Waals surface area (Å²) in [6, 6.07) is 4.49. The Kier molecular flexibility index (Phi) is 5.14. The number of esters is 1. The number of nitrogens with one attached hydrogen (secondary N) is 1. The van der Waals surface area contributed by atoms with Crippen LogP contribution in [0.1, 0.15) is 44.0 Å². The van der Waals surface area contributed by atoms with Crippen molar-refractivity contribution in [3.63, 3.8) is 0 Å². The lowest BCUT2D eigenvalue weighted by atomic mass is 10.2. The number of nitrogens with zero attached hydrogens (tertiary/aromatic N) is 2. The minimum Gasteiger partial charge on any atom is -0.454 e. The minimum absolute atomic E-state index is 0.0140. The first-order valence-electron chi connectivity index (χ1n) is 7.85. The second-order valence-electron chi connectivity index (χ2n) is 5.64. The molecule has 130 valence electrons. The van der Waals surface area contributed by atoms with Gasteiger partial charge in [-0.05, 0) is 31.0 Å². The Morgan fingerprint density at radius 3 is 2.76 bits per heavy atom. The third-order valence-corrected chi connectivity index (χ3v) is 4.24. The maximum absolute atomic E-state index is 12.2. The average molecular weight is 362 g/mol. The molecular formula is C17H16ClN3O4. The van der Waals surface area contributed by atoms with Crippen molar-refractivity contribution < 1.29 is 19.1 Å². The Bertz CT molecular complexity index is 812. The SMILES string of the molecule is O=C(COC(=O)c1cccnc1Cl)c1c[nH]c(C(=O)N2CCCC2)c1. The standard InChI is InChI=1S/C17H16ClN3O4/c18-15-12(4-3-5-19-15)17(24)25-10-14(22)11-8-13(20-9-11)16(23)21-6-1-2-7-21/h3-5,8-9,20H,1-2,6-7,10H2. The summed E-state index contributed by atoms with van der Waals surface area (Å²) in [5.41, 5.74) is 0.732. The Morgan fingerprint density at radius 2 is 2.04 bits per heavy atom. The summed E-state index contributed by atoms with van der Waals surface area (Å²) >= 11 is 5.81. The van der Waals surface area contributed by atoms with E-state index in [1.807, 2.05) is 0 Å². The van der Waals surface area contributed by atoms with Gasteiger partial charge < -0.3 is 14.6 Å². The van der Waals surface area contributed by atoms with Gasteiger partial charge in [0.1, 0.15) is 10.8 Å². The molecule has 0 radical (unpaired) electrons. The second kappa shape index (κ2) is 7.48. The third kappa shape index (κ3) is 3.88. The maximum Gasteiger partial charge on any atom is 0.341 e. The Morgan fingerprint density at radius 1 is 1.28 bits per heavy atom. The summed E-state index contributed by atoms with van der Waals surface area (Å²) in [5, 5.41) is 0.0140. The number of aromatic nitrogens is 2. The van der Waals surface area contributed by atoms with E-state index < -0.39 is 18.4 Å². The number of rotatable bonds is 5. The number of aromatic amines is 1. The van der Waals surface area contributed by atoms with Crippen LogP contribution in [0.3, 0.4) is 0 Å². The summed E-state index contributed by atoms with van der Waals surface area (Å²) in [5.74, 6) is -1.27. The second-order valence-corrected chi connectivity index (χ2v) is 6.00. The molecule has 0 unspecified atom stereocenters. The molecule has 1 N–H and O–H groups in total. The molecule has 1 saturated heterocycles. The van der Waals surface area contributed by atoms with Crippen molar-refractivity contribution in [2.75, 3.05) is 19.7 Å². The molecule has 3 heterocycles. The molecule has 1 fully saturated rings. The number of pyridine rings is 1. The van der Waals surface area contributed by atoms with E-state index >= 15 is 0 Å². The van der Waals surface area contributed by atoms with E-state index in [1.165, 1.54) is 24.5 Å². The molecule has 2 aromatic rings. The lowest BCUT2D eigenvalue weighted by molar-refractivity contribution is 0.0474. The van der Waals surface area contributed by atoms with Crippen molar-refractivity contribution in [2.24, 2.45) is 0 Å². The lowest BCUT2D eigenvalue weighted by Crippen LogP contribution is -2.27. The van der Waals surface area contributed by atoms with Crippen LogP contribution in [0.25, 0.3) is 0 Å². The van der Waals surface area contributed by atoms with E-state index in [2.05, 4.69) is 9.97 Å². The van der Waals surface area contributed by atoms with Gasteiger partial charge in [-0.1, -0.05) is 11.6 Å². The highest BCUT2D eigenvalue weighted by Crippen LogP contribution is 2.15. The molecule has 0 bridgehead atoms. The smallest absolute Gasteiger partial charge is 0.341 e. The molecule has 0 aromatic carbocycles. The van der Waals surface area contributed by atoms with E-state index in [4.69, 9.17) is 16.3 Å². The van der Waals surface area contributed by atoms with Crippen molar-refractivity contribution >= 4 is 29.3 Å². The lowest BCUT2D eigenvalue weighted by Gasteiger charge is -2.13. The van der Waals surface area contributed by atoms with Crippen LogP contribution in [-0.2, 0) is 4.74 Å². The molecule has 0 atom stereocenters. The van der Waals surface area contributed by atoms with Crippen LogP contribution in [-0.4, -0.2) is 52.2 Å². The highest BCUT2D eigenvalue weighted by molar-refractivity contribution is 6.32. The van der Waals surface area contributed by atoms with Crippen molar-refractivity contribution in [3.05, 3.63) is 52.6 Å². The van der Waals surface area contributed by atoms with Gasteiger partial charge >= 0.3 is 5.97 Å². The molecule has 8 heteroatoms. The predicted octanol–water partition coefficient (Wildman–Crippen LogP) is 2.34. The summed E-state index contributed by atoms with van der Waals surface area (Å²) in [6.07, 6.45) is 4.87. The largest absolute Gasteiger partial charge is 0.454 e. The highest BCUT2D eigenvalue weighted by Gasteiger charge is 2.22. The van der Waals surface area contributed by atoms with Crippen LogP contribution in [0.15, 0.2) is 30.6 Å². The molecule has 0 saturated carbocycles.